The highest BCUT2D eigenvalue weighted by molar-refractivity contribution is 6.48. The third-order valence-corrected chi connectivity index (χ3v) is 1.79. The van der Waals surface area contributed by atoms with Crippen molar-refractivity contribution in [2.45, 2.75) is 23.7 Å². The third-order valence-electron chi connectivity index (χ3n) is 0.731. The van der Waals surface area contributed by atoms with Crippen LogP contribution in [0.15, 0.2) is 0 Å². The maximum atomic E-state index is 10.5. The summed E-state index contributed by atoms with van der Waals surface area (Å²) in [5.74, 6) is -0.411. The summed E-state index contributed by atoms with van der Waals surface area (Å²) in [6, 6.07) is 0. The predicted molar refractivity (Wildman–Crippen MR) is 41.5 cm³/mol. The van der Waals surface area contributed by atoms with Crippen LogP contribution in [0.4, 0.5) is 0 Å². The smallest absolute Gasteiger partial charge is 0.307 e. The Morgan fingerprint density at radius 1 is 1.50 bits per heavy atom. The van der Waals surface area contributed by atoms with E-state index in [9.17, 15) is 4.79 Å². The van der Waals surface area contributed by atoms with E-state index in [0.29, 0.717) is 0 Å². The second kappa shape index (κ2) is 5.05. The Hall–Kier alpha value is 0.340. The van der Waals surface area contributed by atoms with Crippen molar-refractivity contribution >= 4 is 40.8 Å². The van der Waals surface area contributed by atoms with Crippen LogP contribution in [0.3, 0.4) is 0 Å². The summed E-state index contributed by atoms with van der Waals surface area (Å²) in [5.41, 5.74) is -0.948. The lowest BCUT2D eigenvalue weighted by molar-refractivity contribution is -0.144. The van der Waals surface area contributed by atoms with E-state index in [2.05, 4.69) is 4.74 Å². The summed E-state index contributed by atoms with van der Waals surface area (Å²) in [4.78, 5) is 9.63. The van der Waals surface area contributed by atoms with Crippen LogP contribution in [0.2, 0.25) is 0 Å². The molecule has 0 aliphatic rings. The summed E-state index contributed by atoms with van der Waals surface area (Å²) < 4.78 is 4.52. The Kier molecular flexibility index (Phi) is 5.22. The minimum absolute atomic E-state index is 0.268. The molecule has 0 radical (unpaired) electrons. The van der Waals surface area contributed by atoms with E-state index in [4.69, 9.17) is 34.8 Å². The zero-order valence-corrected chi connectivity index (χ0v) is 7.58. The summed E-state index contributed by atoms with van der Waals surface area (Å²) >= 11 is 16.0. The van der Waals surface area contributed by atoms with Gasteiger partial charge >= 0.3 is 5.97 Å². The van der Waals surface area contributed by atoms with Gasteiger partial charge < -0.3 is 4.74 Å². The molecule has 0 aromatic heterocycles. The van der Waals surface area contributed by atoms with Crippen molar-refractivity contribution in [3.63, 3.8) is 0 Å². The molecule has 1 atom stereocenters. The molecule has 0 fully saturated rings. The molecule has 0 heterocycles. The second-order valence-corrected chi connectivity index (χ2v) is 3.12. The van der Waals surface area contributed by atoms with Crippen molar-refractivity contribution in [1.82, 2.24) is 0 Å². The van der Waals surface area contributed by atoms with Gasteiger partial charge in [-0.1, -0.05) is 41.7 Å². The van der Waals surface area contributed by atoms with Gasteiger partial charge in [0.15, 0.2) is 4.84 Å². The number of carbonyl (C=O) groups is 1. The largest absolute Gasteiger partial charge is 0.443 e. The summed E-state index contributed by atoms with van der Waals surface area (Å²) in [6.07, 6.45) is 0.268. The number of hydrogen-bond donors (Lipinski definition) is 0. The Morgan fingerprint density at radius 2 is 2.00 bits per heavy atom. The topological polar surface area (TPSA) is 26.3 Å². The average molecular weight is 205 g/mol. The lowest BCUT2D eigenvalue weighted by Crippen LogP contribution is -2.17. The molecule has 0 N–H and O–H groups in total. The Bertz CT molecular complexity index is 115. The summed E-state index contributed by atoms with van der Waals surface area (Å²) in [6.45, 7) is 1.66. The van der Waals surface area contributed by atoms with Crippen LogP contribution < -0.4 is 0 Å². The quantitative estimate of drug-likeness (QED) is 0.522. The molecule has 0 aliphatic carbocycles. The molecule has 0 rings (SSSR count). The molecular formula is C5H7Cl3O2. The average Bonchev–Trinajstić information content (AvgIpc) is 1.87. The highest BCUT2D eigenvalue weighted by atomic mass is 35.5. The molecule has 1 unspecified atom stereocenters. The van der Waals surface area contributed by atoms with Crippen LogP contribution in [0, 0.1) is 0 Å². The zero-order chi connectivity index (χ0) is 8.15. The number of hydrogen-bond acceptors (Lipinski definition) is 2. The zero-order valence-electron chi connectivity index (χ0n) is 5.31. The van der Waals surface area contributed by atoms with Gasteiger partial charge in [0.25, 0.3) is 0 Å². The first-order valence-corrected chi connectivity index (χ1v) is 4.00. The van der Waals surface area contributed by atoms with Crippen molar-refractivity contribution in [3.8, 4) is 0 Å². The van der Waals surface area contributed by atoms with E-state index in [-0.39, 0.29) is 6.42 Å². The first-order chi connectivity index (χ1) is 4.57. The maximum Gasteiger partial charge on any atom is 0.307 e. The molecule has 0 amide bonds. The summed E-state index contributed by atoms with van der Waals surface area (Å²) in [7, 11) is 0. The van der Waals surface area contributed by atoms with Crippen LogP contribution >= 0.6 is 34.8 Å². The third kappa shape index (κ3) is 4.20. The molecule has 0 saturated carbocycles. The van der Waals surface area contributed by atoms with Crippen molar-refractivity contribution in [3.05, 3.63) is 0 Å². The number of halogens is 3. The standard InChI is InChI=1S/C5H7Cl3O2/c1-2-3(9)10-5(8)4(6)7/h4-5H,2H2,1H3. The van der Waals surface area contributed by atoms with Crippen molar-refractivity contribution < 1.29 is 9.53 Å². The lowest BCUT2D eigenvalue weighted by atomic mass is 10.5. The van der Waals surface area contributed by atoms with Gasteiger partial charge in [0.1, 0.15) is 0 Å². The molecule has 0 spiro atoms. The first-order valence-electron chi connectivity index (χ1n) is 2.69. The van der Waals surface area contributed by atoms with Crippen LogP contribution in [0.25, 0.3) is 0 Å². The van der Waals surface area contributed by atoms with E-state index < -0.39 is 16.4 Å². The number of rotatable bonds is 3. The summed E-state index contributed by atoms with van der Waals surface area (Å²) in [5, 5.41) is 0. The molecular weight excluding hydrogens is 198 g/mol. The molecule has 0 bridgehead atoms. The van der Waals surface area contributed by atoms with Crippen molar-refractivity contribution in [1.29, 1.82) is 0 Å². The SMILES string of the molecule is CCC(=O)OC(Cl)C(Cl)Cl. The first kappa shape index (κ1) is 10.3. The second-order valence-electron chi connectivity index (χ2n) is 1.53. The molecule has 5 heteroatoms. The minimum Gasteiger partial charge on any atom is -0.443 e. The van der Waals surface area contributed by atoms with Crippen molar-refractivity contribution in [2.75, 3.05) is 0 Å². The van der Waals surface area contributed by atoms with Gasteiger partial charge in [-0.2, -0.15) is 0 Å². The van der Waals surface area contributed by atoms with Gasteiger partial charge in [-0.15, -0.1) is 0 Å². The van der Waals surface area contributed by atoms with Crippen LogP contribution in [-0.4, -0.2) is 16.4 Å². The van der Waals surface area contributed by atoms with E-state index in [1.54, 1.807) is 6.92 Å². The monoisotopic (exact) mass is 204 g/mol. The molecule has 0 aromatic carbocycles. The normalized spacial score (nSPS) is 13.3. The number of ether oxygens (including phenoxy) is 1. The number of carbonyl (C=O) groups excluding carboxylic acids is 1. The number of alkyl halides is 3. The highest BCUT2D eigenvalue weighted by Crippen LogP contribution is 2.15. The minimum atomic E-state index is -0.948. The Morgan fingerprint density at radius 3 is 2.30 bits per heavy atom. The fourth-order valence-corrected chi connectivity index (χ4v) is 0.463. The molecule has 0 saturated heterocycles. The predicted octanol–water partition coefficient (Wildman–Crippen LogP) is 2.31. The fraction of sp³-hybridized carbons (Fsp3) is 0.800. The molecule has 0 aliphatic heterocycles. The Balaban J connectivity index is 3.57. The van der Waals surface area contributed by atoms with Crippen LogP contribution in [0.5, 0.6) is 0 Å². The van der Waals surface area contributed by atoms with E-state index >= 15 is 0 Å². The van der Waals surface area contributed by atoms with Crippen molar-refractivity contribution in [2.24, 2.45) is 0 Å². The number of esters is 1. The van der Waals surface area contributed by atoms with Gasteiger partial charge in [0.05, 0.1) is 0 Å². The molecule has 10 heavy (non-hydrogen) atoms. The molecule has 60 valence electrons. The molecule has 2 nitrogen and oxygen atoms in total. The fourth-order valence-electron chi connectivity index (χ4n) is 0.260. The van der Waals surface area contributed by atoms with E-state index in [0.717, 1.165) is 0 Å². The Labute approximate surface area is 74.4 Å². The molecule has 0 aromatic rings. The highest BCUT2D eigenvalue weighted by Gasteiger charge is 2.16. The van der Waals surface area contributed by atoms with Gasteiger partial charge in [-0.25, -0.2) is 0 Å². The maximum absolute atomic E-state index is 10.5. The van der Waals surface area contributed by atoms with Gasteiger partial charge in [-0.3, -0.25) is 4.79 Å². The van der Waals surface area contributed by atoms with Crippen LogP contribution in [0.1, 0.15) is 13.3 Å². The van der Waals surface area contributed by atoms with E-state index in [1.165, 1.54) is 0 Å². The van der Waals surface area contributed by atoms with Crippen LogP contribution in [-0.2, 0) is 9.53 Å². The van der Waals surface area contributed by atoms with Gasteiger partial charge in [0.2, 0.25) is 5.56 Å². The van der Waals surface area contributed by atoms with Gasteiger partial charge in [-0.05, 0) is 0 Å². The lowest BCUT2D eigenvalue weighted by Gasteiger charge is -2.09. The van der Waals surface area contributed by atoms with E-state index in [1.807, 2.05) is 0 Å². The van der Waals surface area contributed by atoms with Gasteiger partial charge in [0, 0.05) is 6.42 Å².